The van der Waals surface area contributed by atoms with Gasteiger partial charge >= 0.3 is 0 Å². The number of carbonyl (C=O) groups excluding carboxylic acids is 1. The van der Waals surface area contributed by atoms with Gasteiger partial charge in [0, 0.05) is 28.1 Å². The number of rotatable bonds is 3. The summed E-state index contributed by atoms with van der Waals surface area (Å²) in [5.74, 6) is 2.63. The second-order valence-electron chi connectivity index (χ2n) is 5.13. The van der Waals surface area contributed by atoms with Crippen LogP contribution in [-0.2, 0) is 0 Å². The molecule has 1 aromatic heterocycles. The summed E-state index contributed by atoms with van der Waals surface area (Å²) in [6, 6.07) is 8.06. The van der Waals surface area contributed by atoms with Gasteiger partial charge in [-0.2, -0.15) is 11.8 Å². The average Bonchev–Trinajstić information content (AvgIpc) is 2.75. The number of hydrogen-bond donors (Lipinski definition) is 2. The molecular weight excluding hydrogens is 256 g/mol. The van der Waals surface area contributed by atoms with Crippen LogP contribution in [0.1, 0.15) is 16.1 Å². The first-order valence-corrected chi connectivity index (χ1v) is 7.93. The third-order valence-corrected chi connectivity index (χ3v) is 4.77. The van der Waals surface area contributed by atoms with Crippen LogP contribution in [0, 0.1) is 6.92 Å². The van der Waals surface area contributed by atoms with Crippen molar-refractivity contribution in [1.29, 1.82) is 0 Å². The minimum absolute atomic E-state index is 0.275. The zero-order valence-corrected chi connectivity index (χ0v) is 12.0. The molecule has 1 aliphatic rings. The van der Waals surface area contributed by atoms with Crippen LogP contribution in [0.5, 0.6) is 0 Å². The predicted molar refractivity (Wildman–Crippen MR) is 80.3 cm³/mol. The number of quaternary nitrogens is 1. The lowest BCUT2D eigenvalue weighted by molar-refractivity contribution is -0.887. The number of carbonyl (C=O) groups is 1. The molecule has 1 aromatic carbocycles. The number of fused-ring (bicyclic) bond motifs is 1. The molecule has 2 N–H and O–H groups in total. The van der Waals surface area contributed by atoms with Gasteiger partial charge in [0.25, 0.3) is 0 Å². The monoisotopic (exact) mass is 275 g/mol. The Balaban J connectivity index is 1.86. The number of aryl methyl sites for hydroxylation is 1. The molecule has 0 radical (unpaired) electrons. The van der Waals surface area contributed by atoms with Gasteiger partial charge in [-0.1, -0.05) is 18.2 Å². The molecule has 0 atom stereocenters. The normalized spacial score (nSPS) is 16.9. The van der Waals surface area contributed by atoms with Crippen molar-refractivity contribution < 1.29 is 9.69 Å². The Morgan fingerprint density at radius 1 is 1.32 bits per heavy atom. The van der Waals surface area contributed by atoms with Crippen molar-refractivity contribution in [3.8, 4) is 0 Å². The minimum Gasteiger partial charge on any atom is -0.358 e. The Bertz CT molecular complexity index is 599. The van der Waals surface area contributed by atoms with Crippen LogP contribution in [0.4, 0.5) is 0 Å². The highest BCUT2D eigenvalue weighted by atomic mass is 32.2. The van der Waals surface area contributed by atoms with Crippen LogP contribution in [0.25, 0.3) is 10.9 Å². The zero-order valence-electron chi connectivity index (χ0n) is 11.2. The van der Waals surface area contributed by atoms with Crippen molar-refractivity contribution in [3.05, 3.63) is 35.5 Å². The molecule has 2 aromatic rings. The van der Waals surface area contributed by atoms with Crippen LogP contribution >= 0.6 is 11.8 Å². The second-order valence-corrected chi connectivity index (χ2v) is 6.36. The van der Waals surface area contributed by atoms with Crippen molar-refractivity contribution in [2.45, 2.75) is 6.92 Å². The van der Waals surface area contributed by atoms with E-state index in [4.69, 9.17) is 0 Å². The lowest BCUT2D eigenvalue weighted by Gasteiger charge is -2.22. The first kappa shape index (κ1) is 12.8. The van der Waals surface area contributed by atoms with Crippen molar-refractivity contribution in [1.82, 2.24) is 4.98 Å². The fraction of sp³-hybridized carbons (Fsp3) is 0.400. The van der Waals surface area contributed by atoms with Crippen LogP contribution in [0.2, 0.25) is 0 Å². The molecule has 0 unspecified atom stereocenters. The minimum atomic E-state index is 0.275. The van der Waals surface area contributed by atoms with E-state index >= 15 is 0 Å². The fourth-order valence-corrected chi connectivity index (χ4v) is 3.86. The molecule has 0 bridgehead atoms. The Morgan fingerprint density at radius 3 is 2.84 bits per heavy atom. The average molecular weight is 275 g/mol. The summed E-state index contributed by atoms with van der Waals surface area (Å²) >= 11 is 1.99. The van der Waals surface area contributed by atoms with Gasteiger partial charge in [0.2, 0.25) is 5.78 Å². The number of benzene rings is 1. The van der Waals surface area contributed by atoms with Crippen LogP contribution < -0.4 is 4.90 Å². The SMILES string of the molecule is Cc1[nH]c2ccccc2c1C(=O)C[NH+]1CCSCC1. The molecule has 2 heterocycles. The molecule has 4 heteroatoms. The molecule has 1 fully saturated rings. The first-order chi connectivity index (χ1) is 9.25. The van der Waals surface area contributed by atoms with Crippen molar-refractivity contribution >= 4 is 28.4 Å². The summed E-state index contributed by atoms with van der Waals surface area (Å²) in [5, 5.41) is 1.07. The number of thioether (sulfide) groups is 1. The number of aromatic amines is 1. The topological polar surface area (TPSA) is 37.3 Å². The van der Waals surface area contributed by atoms with Gasteiger partial charge in [-0.05, 0) is 13.0 Å². The van der Waals surface area contributed by atoms with E-state index in [1.165, 1.54) is 16.4 Å². The van der Waals surface area contributed by atoms with E-state index in [0.717, 1.165) is 35.2 Å². The van der Waals surface area contributed by atoms with E-state index in [1.54, 1.807) is 0 Å². The number of H-pyrrole nitrogens is 1. The Labute approximate surface area is 117 Å². The van der Waals surface area contributed by atoms with Gasteiger partial charge in [0.1, 0.15) is 6.54 Å². The molecule has 0 saturated carbocycles. The van der Waals surface area contributed by atoms with Crippen molar-refractivity contribution in [3.63, 3.8) is 0 Å². The maximum Gasteiger partial charge on any atom is 0.219 e. The molecule has 3 rings (SSSR count). The summed E-state index contributed by atoms with van der Waals surface area (Å²) in [5.41, 5.74) is 2.95. The Hall–Kier alpha value is -1.26. The largest absolute Gasteiger partial charge is 0.358 e. The third kappa shape index (κ3) is 2.55. The smallest absolute Gasteiger partial charge is 0.219 e. The van der Waals surface area contributed by atoms with E-state index in [2.05, 4.69) is 4.98 Å². The quantitative estimate of drug-likeness (QED) is 0.828. The molecule has 0 spiro atoms. The summed E-state index contributed by atoms with van der Waals surface area (Å²) in [4.78, 5) is 17.3. The molecule has 1 saturated heterocycles. The second kappa shape index (κ2) is 5.39. The standard InChI is InChI=1S/C15H18N2OS/c1-11-15(12-4-2-3-5-13(12)16-11)14(18)10-17-6-8-19-9-7-17/h2-5,16H,6-10H2,1H3/p+1. The van der Waals surface area contributed by atoms with Gasteiger partial charge in [-0.15, -0.1) is 0 Å². The number of ketones is 1. The summed E-state index contributed by atoms with van der Waals surface area (Å²) < 4.78 is 0. The molecular formula is C15H19N2OS+. The highest BCUT2D eigenvalue weighted by Gasteiger charge is 2.22. The van der Waals surface area contributed by atoms with Crippen LogP contribution in [-0.4, -0.2) is 41.9 Å². The summed E-state index contributed by atoms with van der Waals surface area (Å²) in [6.07, 6.45) is 0. The lowest BCUT2D eigenvalue weighted by Crippen LogP contribution is -3.14. The highest BCUT2D eigenvalue weighted by Crippen LogP contribution is 2.21. The van der Waals surface area contributed by atoms with Gasteiger partial charge in [-0.25, -0.2) is 0 Å². The number of Topliss-reactive ketones (excluding diaryl/α,β-unsaturated/α-hetero) is 1. The molecule has 0 amide bonds. The number of nitrogens with one attached hydrogen (secondary N) is 2. The van der Waals surface area contributed by atoms with E-state index in [-0.39, 0.29) is 5.78 Å². The van der Waals surface area contributed by atoms with Crippen molar-refractivity contribution in [2.75, 3.05) is 31.1 Å². The Kier molecular flexibility index (Phi) is 3.62. The maximum atomic E-state index is 12.6. The van der Waals surface area contributed by atoms with Crippen LogP contribution in [0.15, 0.2) is 24.3 Å². The molecule has 3 nitrogen and oxygen atoms in total. The zero-order chi connectivity index (χ0) is 13.2. The number of para-hydroxylation sites is 1. The molecule has 1 aliphatic heterocycles. The van der Waals surface area contributed by atoms with E-state index < -0.39 is 0 Å². The van der Waals surface area contributed by atoms with E-state index in [9.17, 15) is 4.79 Å². The lowest BCUT2D eigenvalue weighted by atomic mass is 10.1. The Morgan fingerprint density at radius 2 is 2.05 bits per heavy atom. The van der Waals surface area contributed by atoms with Gasteiger partial charge < -0.3 is 9.88 Å². The van der Waals surface area contributed by atoms with Gasteiger partial charge in [0.05, 0.1) is 18.7 Å². The summed E-state index contributed by atoms with van der Waals surface area (Å²) in [7, 11) is 0. The van der Waals surface area contributed by atoms with E-state index in [0.29, 0.717) is 6.54 Å². The third-order valence-electron chi connectivity index (χ3n) is 3.78. The van der Waals surface area contributed by atoms with Crippen LogP contribution in [0.3, 0.4) is 0 Å². The summed E-state index contributed by atoms with van der Waals surface area (Å²) in [6.45, 7) is 4.84. The number of aromatic nitrogens is 1. The highest BCUT2D eigenvalue weighted by molar-refractivity contribution is 7.99. The van der Waals surface area contributed by atoms with Gasteiger partial charge in [-0.3, -0.25) is 4.79 Å². The molecule has 19 heavy (non-hydrogen) atoms. The fourth-order valence-electron chi connectivity index (χ4n) is 2.79. The van der Waals surface area contributed by atoms with E-state index in [1.807, 2.05) is 43.0 Å². The predicted octanol–water partition coefficient (Wildman–Crippen LogP) is 1.29. The maximum absolute atomic E-state index is 12.6. The number of hydrogen-bond acceptors (Lipinski definition) is 2. The first-order valence-electron chi connectivity index (χ1n) is 6.77. The molecule has 0 aliphatic carbocycles. The van der Waals surface area contributed by atoms with Gasteiger partial charge in [0.15, 0.2) is 0 Å². The molecule has 100 valence electrons. The van der Waals surface area contributed by atoms with Crippen molar-refractivity contribution in [2.24, 2.45) is 0 Å².